The monoisotopic (exact) mass is 255 g/mol. The Bertz CT molecular complexity index is 729. The number of aromatic nitrogens is 2. The van der Waals surface area contributed by atoms with Crippen LogP contribution in [0.15, 0.2) is 42.6 Å². The van der Waals surface area contributed by atoms with E-state index >= 15 is 0 Å². The molecule has 2 aromatic heterocycles. The number of hydrogen-bond acceptors (Lipinski definition) is 2. The summed E-state index contributed by atoms with van der Waals surface area (Å²) in [6.45, 7) is 2.41. The van der Waals surface area contributed by atoms with Crippen LogP contribution in [0.5, 0.6) is 0 Å². The number of nitrogens with zero attached hydrogens (tertiary/aromatic N) is 2. The van der Waals surface area contributed by atoms with Crippen molar-refractivity contribution in [1.29, 1.82) is 0 Å². The first-order valence-electron chi connectivity index (χ1n) is 6.12. The number of fused-ring (bicyclic) bond motifs is 1. The lowest BCUT2D eigenvalue weighted by atomic mass is 10.1. The molecule has 19 heavy (non-hydrogen) atoms. The third-order valence-corrected chi connectivity index (χ3v) is 3.18. The van der Waals surface area contributed by atoms with Crippen LogP contribution in [-0.2, 0) is 6.54 Å². The van der Waals surface area contributed by atoms with Gasteiger partial charge in [0.25, 0.3) is 0 Å². The molecule has 0 radical (unpaired) electrons. The van der Waals surface area contributed by atoms with E-state index in [0.717, 1.165) is 28.2 Å². The van der Waals surface area contributed by atoms with Crippen LogP contribution >= 0.6 is 0 Å². The standard InChI is InChI=1S/C15H14FN3/c1-10-2-7-14-18-15(13(8-17)19(14)9-10)11-3-5-12(16)6-4-11/h2-7,9H,8,17H2,1H3. The molecule has 0 aliphatic rings. The molecule has 2 N–H and O–H groups in total. The van der Waals surface area contributed by atoms with Gasteiger partial charge in [0.05, 0.1) is 11.4 Å². The van der Waals surface area contributed by atoms with Crippen LogP contribution in [0, 0.1) is 12.7 Å². The fraction of sp³-hybridized carbons (Fsp3) is 0.133. The van der Waals surface area contributed by atoms with Gasteiger partial charge >= 0.3 is 0 Å². The molecule has 0 unspecified atom stereocenters. The van der Waals surface area contributed by atoms with E-state index in [2.05, 4.69) is 4.98 Å². The Morgan fingerprint density at radius 1 is 1.16 bits per heavy atom. The number of hydrogen-bond donors (Lipinski definition) is 1. The minimum atomic E-state index is -0.252. The van der Waals surface area contributed by atoms with Gasteiger partial charge in [-0.05, 0) is 42.8 Å². The number of halogens is 1. The molecule has 0 amide bonds. The molecule has 3 rings (SSSR count). The first kappa shape index (κ1) is 11.9. The van der Waals surface area contributed by atoms with Gasteiger partial charge in [0.15, 0.2) is 0 Å². The predicted molar refractivity (Wildman–Crippen MR) is 73.2 cm³/mol. The van der Waals surface area contributed by atoms with Gasteiger partial charge in [-0.15, -0.1) is 0 Å². The van der Waals surface area contributed by atoms with Gasteiger partial charge < -0.3 is 10.1 Å². The summed E-state index contributed by atoms with van der Waals surface area (Å²) in [6, 6.07) is 10.3. The lowest BCUT2D eigenvalue weighted by Gasteiger charge is -2.03. The first-order valence-corrected chi connectivity index (χ1v) is 6.12. The molecule has 96 valence electrons. The van der Waals surface area contributed by atoms with Gasteiger partial charge in [0, 0.05) is 18.3 Å². The Balaban J connectivity index is 2.25. The Labute approximate surface area is 110 Å². The fourth-order valence-electron chi connectivity index (χ4n) is 2.23. The number of nitrogens with two attached hydrogens (primary N) is 1. The quantitative estimate of drug-likeness (QED) is 0.765. The molecular formula is C15H14FN3. The molecule has 4 heteroatoms. The van der Waals surface area contributed by atoms with Crippen molar-refractivity contribution in [1.82, 2.24) is 9.38 Å². The Hall–Kier alpha value is -2.20. The minimum Gasteiger partial charge on any atom is -0.325 e. The van der Waals surface area contributed by atoms with Crippen molar-refractivity contribution >= 4 is 5.65 Å². The molecule has 0 bridgehead atoms. The zero-order chi connectivity index (χ0) is 13.4. The van der Waals surface area contributed by atoms with Crippen LogP contribution in [0.25, 0.3) is 16.9 Å². The van der Waals surface area contributed by atoms with Gasteiger partial charge in [-0.25, -0.2) is 9.37 Å². The average Bonchev–Trinajstić information content (AvgIpc) is 2.77. The molecule has 3 aromatic rings. The van der Waals surface area contributed by atoms with Crippen LogP contribution in [-0.4, -0.2) is 9.38 Å². The van der Waals surface area contributed by atoms with Crippen molar-refractivity contribution in [2.24, 2.45) is 5.73 Å². The molecule has 0 fully saturated rings. The highest BCUT2D eigenvalue weighted by Crippen LogP contribution is 2.24. The van der Waals surface area contributed by atoms with Crippen LogP contribution in [0.2, 0.25) is 0 Å². The SMILES string of the molecule is Cc1ccc2nc(-c3ccc(F)cc3)c(CN)n2c1. The highest BCUT2D eigenvalue weighted by atomic mass is 19.1. The highest BCUT2D eigenvalue weighted by Gasteiger charge is 2.12. The fourth-order valence-corrected chi connectivity index (χ4v) is 2.23. The van der Waals surface area contributed by atoms with E-state index in [1.165, 1.54) is 12.1 Å². The zero-order valence-electron chi connectivity index (χ0n) is 10.6. The van der Waals surface area contributed by atoms with Crippen LogP contribution in [0.1, 0.15) is 11.3 Å². The lowest BCUT2D eigenvalue weighted by Crippen LogP contribution is -2.02. The van der Waals surface area contributed by atoms with E-state index < -0.39 is 0 Å². The maximum atomic E-state index is 13.0. The molecule has 2 heterocycles. The molecule has 0 spiro atoms. The smallest absolute Gasteiger partial charge is 0.137 e. The molecule has 0 saturated carbocycles. The van der Waals surface area contributed by atoms with E-state index in [1.54, 1.807) is 12.1 Å². The summed E-state index contributed by atoms with van der Waals surface area (Å²) < 4.78 is 15.0. The van der Waals surface area contributed by atoms with E-state index in [9.17, 15) is 4.39 Å². The maximum Gasteiger partial charge on any atom is 0.137 e. The van der Waals surface area contributed by atoms with Crippen molar-refractivity contribution in [2.75, 3.05) is 0 Å². The van der Waals surface area contributed by atoms with Gasteiger partial charge in [-0.1, -0.05) is 6.07 Å². The zero-order valence-corrected chi connectivity index (χ0v) is 10.6. The normalized spacial score (nSPS) is 11.1. The van der Waals surface area contributed by atoms with Crippen molar-refractivity contribution in [2.45, 2.75) is 13.5 Å². The molecule has 0 aliphatic heterocycles. The second-order valence-electron chi connectivity index (χ2n) is 4.55. The third kappa shape index (κ3) is 2.00. The van der Waals surface area contributed by atoms with E-state index in [4.69, 9.17) is 5.73 Å². The maximum absolute atomic E-state index is 13.0. The number of pyridine rings is 1. The van der Waals surface area contributed by atoms with Gasteiger partial charge in [-0.3, -0.25) is 0 Å². The first-order chi connectivity index (χ1) is 9.19. The topological polar surface area (TPSA) is 43.3 Å². The number of rotatable bonds is 2. The predicted octanol–water partition coefficient (Wildman–Crippen LogP) is 2.91. The van der Waals surface area contributed by atoms with Gasteiger partial charge in [-0.2, -0.15) is 0 Å². The molecule has 0 aliphatic carbocycles. The van der Waals surface area contributed by atoms with Crippen molar-refractivity contribution in [3.63, 3.8) is 0 Å². The van der Waals surface area contributed by atoms with Crippen LogP contribution in [0.4, 0.5) is 4.39 Å². The number of aryl methyl sites for hydroxylation is 1. The molecule has 0 atom stereocenters. The Morgan fingerprint density at radius 3 is 2.58 bits per heavy atom. The second kappa shape index (κ2) is 4.48. The van der Waals surface area contributed by atoms with Crippen molar-refractivity contribution in [3.05, 3.63) is 59.7 Å². The number of benzene rings is 1. The Morgan fingerprint density at radius 2 is 1.89 bits per heavy atom. The number of imidazole rings is 1. The summed E-state index contributed by atoms with van der Waals surface area (Å²) in [5.41, 5.74) is 10.5. The second-order valence-corrected chi connectivity index (χ2v) is 4.55. The Kier molecular flexibility index (Phi) is 2.80. The highest BCUT2D eigenvalue weighted by molar-refractivity contribution is 5.66. The third-order valence-electron chi connectivity index (χ3n) is 3.18. The molecular weight excluding hydrogens is 241 g/mol. The molecule has 1 aromatic carbocycles. The van der Waals surface area contributed by atoms with Crippen LogP contribution in [0.3, 0.4) is 0 Å². The summed E-state index contributed by atoms with van der Waals surface area (Å²) in [5, 5.41) is 0. The van der Waals surface area contributed by atoms with Crippen molar-refractivity contribution < 1.29 is 4.39 Å². The minimum absolute atomic E-state index is 0.252. The summed E-state index contributed by atoms with van der Waals surface area (Å²) >= 11 is 0. The van der Waals surface area contributed by atoms with E-state index in [-0.39, 0.29) is 5.82 Å². The largest absolute Gasteiger partial charge is 0.325 e. The summed E-state index contributed by atoms with van der Waals surface area (Å²) in [5.74, 6) is -0.252. The molecule has 0 saturated heterocycles. The summed E-state index contributed by atoms with van der Waals surface area (Å²) in [7, 11) is 0. The van der Waals surface area contributed by atoms with E-state index in [0.29, 0.717) is 6.54 Å². The van der Waals surface area contributed by atoms with Crippen molar-refractivity contribution in [3.8, 4) is 11.3 Å². The van der Waals surface area contributed by atoms with Gasteiger partial charge in [0.1, 0.15) is 11.5 Å². The van der Waals surface area contributed by atoms with E-state index in [1.807, 2.05) is 29.7 Å². The lowest BCUT2D eigenvalue weighted by molar-refractivity contribution is 0.628. The average molecular weight is 255 g/mol. The summed E-state index contributed by atoms with van der Waals surface area (Å²) in [4.78, 5) is 4.59. The molecule has 3 nitrogen and oxygen atoms in total. The van der Waals surface area contributed by atoms with Gasteiger partial charge in [0.2, 0.25) is 0 Å². The van der Waals surface area contributed by atoms with Crippen LogP contribution < -0.4 is 5.73 Å². The summed E-state index contributed by atoms with van der Waals surface area (Å²) in [6.07, 6.45) is 2.01.